The molecule has 18 heavy (non-hydrogen) atoms. The molecular formula is C10H8F2N6. The van der Waals surface area contributed by atoms with Crippen LogP contribution in [-0.2, 0) is 0 Å². The Balaban J connectivity index is 2.07. The Morgan fingerprint density at radius 2 is 2.11 bits per heavy atom. The fraction of sp³-hybridized carbons (Fsp3) is 0.100. The van der Waals surface area contributed by atoms with Gasteiger partial charge >= 0.3 is 0 Å². The van der Waals surface area contributed by atoms with E-state index in [1.165, 1.54) is 0 Å². The molecule has 3 rings (SSSR count). The molecule has 0 amide bonds. The maximum Gasteiger partial charge on any atom is 0.268 e. The first kappa shape index (κ1) is 10.6. The molecule has 0 atom stereocenters. The van der Waals surface area contributed by atoms with Crippen LogP contribution in [0.5, 0.6) is 0 Å². The molecule has 8 heteroatoms. The Labute approximate surface area is 99.7 Å². The number of hydrogen-bond acceptors (Lipinski definition) is 3. The lowest BCUT2D eigenvalue weighted by Crippen LogP contribution is -1.96. The van der Waals surface area contributed by atoms with Crippen LogP contribution in [0.2, 0.25) is 0 Å². The first-order chi connectivity index (χ1) is 8.65. The normalized spacial score (nSPS) is 11.1. The molecule has 3 aromatic heterocycles. The number of aromatic nitrogens is 6. The number of imidazole rings is 3. The molecule has 0 aliphatic heterocycles. The van der Waals surface area contributed by atoms with Crippen LogP contribution >= 0.6 is 0 Å². The molecule has 0 aliphatic carbocycles. The van der Waals surface area contributed by atoms with Crippen LogP contribution in [0.1, 0.15) is 5.82 Å². The summed E-state index contributed by atoms with van der Waals surface area (Å²) in [6.45, 7) is 1.75. The Hall–Kier alpha value is -2.51. The Morgan fingerprint density at radius 3 is 2.72 bits per heavy atom. The molecule has 3 aromatic rings. The van der Waals surface area contributed by atoms with E-state index in [2.05, 4.69) is 24.9 Å². The maximum absolute atomic E-state index is 12.9. The lowest BCUT2D eigenvalue weighted by atomic mass is 10.4. The Kier molecular flexibility index (Phi) is 2.22. The first-order valence-electron chi connectivity index (χ1n) is 5.12. The minimum Gasteiger partial charge on any atom is -0.330 e. The summed E-state index contributed by atoms with van der Waals surface area (Å²) in [6.07, 6.45) is 4.85. The van der Waals surface area contributed by atoms with Gasteiger partial charge in [-0.15, -0.1) is 0 Å². The van der Waals surface area contributed by atoms with E-state index < -0.39 is 11.9 Å². The summed E-state index contributed by atoms with van der Waals surface area (Å²) >= 11 is 0. The number of hydrogen-bond donors (Lipinski definition) is 2. The summed E-state index contributed by atoms with van der Waals surface area (Å²) in [7, 11) is 0. The highest BCUT2D eigenvalue weighted by molar-refractivity contribution is 5.49. The molecule has 0 radical (unpaired) electrons. The van der Waals surface area contributed by atoms with Gasteiger partial charge in [0.2, 0.25) is 11.9 Å². The number of rotatable bonds is 2. The zero-order valence-corrected chi connectivity index (χ0v) is 9.28. The average Bonchev–Trinajstić information content (AvgIpc) is 3.01. The lowest BCUT2D eigenvalue weighted by molar-refractivity contribution is 0.475. The summed E-state index contributed by atoms with van der Waals surface area (Å²) in [6, 6.07) is 0. The summed E-state index contributed by atoms with van der Waals surface area (Å²) in [5.74, 6) is -1.04. The van der Waals surface area contributed by atoms with Gasteiger partial charge in [-0.3, -0.25) is 4.57 Å². The molecule has 0 saturated carbocycles. The van der Waals surface area contributed by atoms with Crippen molar-refractivity contribution in [2.45, 2.75) is 6.92 Å². The maximum atomic E-state index is 12.9. The van der Waals surface area contributed by atoms with Crippen molar-refractivity contribution < 1.29 is 8.78 Å². The second-order valence-electron chi connectivity index (χ2n) is 3.65. The minimum absolute atomic E-state index is 0.0402. The zero-order valence-electron chi connectivity index (χ0n) is 9.28. The Bertz CT molecular complexity index is 662. The van der Waals surface area contributed by atoms with Crippen molar-refractivity contribution in [2.24, 2.45) is 0 Å². The van der Waals surface area contributed by atoms with Crippen LogP contribution in [0.25, 0.3) is 17.5 Å². The van der Waals surface area contributed by atoms with Crippen molar-refractivity contribution >= 4 is 0 Å². The van der Waals surface area contributed by atoms with Crippen LogP contribution in [0.3, 0.4) is 0 Å². The van der Waals surface area contributed by atoms with Gasteiger partial charge in [-0.2, -0.15) is 13.8 Å². The molecule has 0 saturated heterocycles. The highest BCUT2D eigenvalue weighted by Gasteiger charge is 2.15. The smallest absolute Gasteiger partial charge is 0.268 e. The molecular weight excluding hydrogens is 242 g/mol. The highest BCUT2D eigenvalue weighted by Crippen LogP contribution is 2.18. The van der Waals surface area contributed by atoms with Gasteiger partial charge in [-0.1, -0.05) is 0 Å². The third kappa shape index (κ3) is 1.58. The predicted octanol–water partition coefficient (Wildman–Crippen LogP) is 1.57. The number of nitrogens with zero attached hydrogens (tertiary/aromatic N) is 4. The van der Waals surface area contributed by atoms with Crippen LogP contribution in [0, 0.1) is 18.8 Å². The highest BCUT2D eigenvalue weighted by atomic mass is 19.2. The number of H-pyrrole nitrogens is 2. The second-order valence-corrected chi connectivity index (χ2v) is 3.65. The monoisotopic (exact) mass is 250 g/mol. The fourth-order valence-electron chi connectivity index (χ4n) is 1.64. The number of aromatic amines is 2. The summed E-state index contributed by atoms with van der Waals surface area (Å²) in [5, 5.41) is 0. The van der Waals surface area contributed by atoms with E-state index in [0.29, 0.717) is 17.5 Å². The molecule has 3 heterocycles. The summed E-state index contributed by atoms with van der Waals surface area (Å²) < 4.78 is 27.4. The van der Waals surface area contributed by atoms with Gasteiger partial charge in [0.1, 0.15) is 11.5 Å². The van der Waals surface area contributed by atoms with Crippen LogP contribution in [-0.4, -0.2) is 29.5 Å². The van der Waals surface area contributed by atoms with Crippen molar-refractivity contribution in [3.05, 3.63) is 36.3 Å². The van der Waals surface area contributed by atoms with Gasteiger partial charge < -0.3 is 9.97 Å². The van der Waals surface area contributed by atoms with E-state index in [1.807, 2.05) is 0 Å². The Morgan fingerprint density at radius 1 is 1.28 bits per heavy atom. The number of nitrogens with one attached hydrogen (secondary N) is 2. The van der Waals surface area contributed by atoms with Gasteiger partial charge in [-0.05, 0) is 6.92 Å². The largest absolute Gasteiger partial charge is 0.330 e. The SMILES string of the molecule is Cc1nc(-c2nc(F)c(F)[nH]2)cn1-c1ncc[nH]1. The fourth-order valence-corrected chi connectivity index (χ4v) is 1.64. The van der Waals surface area contributed by atoms with Crippen LogP contribution in [0.4, 0.5) is 8.78 Å². The second kappa shape index (κ2) is 3.76. The molecule has 92 valence electrons. The minimum atomic E-state index is -1.17. The first-order valence-corrected chi connectivity index (χ1v) is 5.12. The molecule has 2 N–H and O–H groups in total. The van der Waals surface area contributed by atoms with E-state index in [4.69, 9.17) is 0 Å². The molecule has 0 fully saturated rings. The van der Waals surface area contributed by atoms with E-state index in [1.54, 1.807) is 30.1 Å². The molecule has 0 bridgehead atoms. The number of aryl methyl sites for hydroxylation is 1. The van der Waals surface area contributed by atoms with Gasteiger partial charge in [-0.25, -0.2) is 9.97 Å². The van der Waals surface area contributed by atoms with Gasteiger partial charge in [0.05, 0.1) is 0 Å². The van der Waals surface area contributed by atoms with E-state index >= 15 is 0 Å². The van der Waals surface area contributed by atoms with E-state index in [9.17, 15) is 8.78 Å². The summed E-state index contributed by atoms with van der Waals surface area (Å²) in [4.78, 5) is 16.7. The van der Waals surface area contributed by atoms with Gasteiger partial charge in [0.25, 0.3) is 5.95 Å². The quantitative estimate of drug-likeness (QED) is 0.725. The van der Waals surface area contributed by atoms with Crippen molar-refractivity contribution in [1.29, 1.82) is 0 Å². The zero-order chi connectivity index (χ0) is 12.7. The summed E-state index contributed by atoms with van der Waals surface area (Å²) in [5.41, 5.74) is 0.340. The van der Waals surface area contributed by atoms with Crippen molar-refractivity contribution in [3.8, 4) is 17.5 Å². The van der Waals surface area contributed by atoms with E-state index in [-0.39, 0.29) is 5.82 Å². The standard InChI is InChI=1S/C10H8F2N6/c1-5-15-6(9-16-7(11)8(12)17-9)4-18(5)10-13-2-3-14-10/h2-4H,1H3,(H,13,14)(H,16,17). The molecule has 0 unspecified atom stereocenters. The topological polar surface area (TPSA) is 75.2 Å². The van der Waals surface area contributed by atoms with Gasteiger partial charge in [0.15, 0.2) is 5.82 Å². The predicted molar refractivity (Wildman–Crippen MR) is 57.9 cm³/mol. The van der Waals surface area contributed by atoms with E-state index in [0.717, 1.165) is 0 Å². The van der Waals surface area contributed by atoms with Gasteiger partial charge in [0, 0.05) is 18.6 Å². The van der Waals surface area contributed by atoms with Crippen LogP contribution < -0.4 is 0 Å². The lowest BCUT2D eigenvalue weighted by Gasteiger charge is -1.97. The van der Waals surface area contributed by atoms with Crippen molar-refractivity contribution in [2.75, 3.05) is 0 Å². The molecule has 0 aliphatic rings. The third-order valence-corrected chi connectivity index (χ3v) is 2.46. The molecule has 6 nitrogen and oxygen atoms in total. The molecule has 0 aromatic carbocycles. The third-order valence-electron chi connectivity index (χ3n) is 2.46. The van der Waals surface area contributed by atoms with Crippen molar-refractivity contribution in [1.82, 2.24) is 29.5 Å². The van der Waals surface area contributed by atoms with Crippen molar-refractivity contribution in [3.63, 3.8) is 0 Å². The molecule has 0 spiro atoms. The van der Waals surface area contributed by atoms with Crippen LogP contribution in [0.15, 0.2) is 18.6 Å². The average molecular weight is 250 g/mol. The number of halogens is 2.